The summed E-state index contributed by atoms with van der Waals surface area (Å²) in [5.74, 6) is 0.264. The van der Waals surface area contributed by atoms with E-state index in [1.165, 1.54) is 11.9 Å². The van der Waals surface area contributed by atoms with E-state index in [0.29, 0.717) is 30.4 Å². The number of amides is 1. The summed E-state index contributed by atoms with van der Waals surface area (Å²) in [4.78, 5) is 17.2. The highest BCUT2D eigenvalue weighted by Gasteiger charge is 2.30. The van der Waals surface area contributed by atoms with E-state index in [9.17, 15) is 14.3 Å². The molecule has 0 aliphatic carbocycles. The molecule has 1 aromatic heterocycles. The Kier molecular flexibility index (Phi) is 10.3. The predicted octanol–water partition coefficient (Wildman–Crippen LogP) is 4.43. The number of halogens is 1. The van der Waals surface area contributed by atoms with Crippen molar-refractivity contribution in [3.63, 3.8) is 0 Å². The molecule has 5 N–H and O–H groups in total. The van der Waals surface area contributed by atoms with Crippen LogP contribution in [0.3, 0.4) is 0 Å². The van der Waals surface area contributed by atoms with Crippen molar-refractivity contribution in [3.8, 4) is 11.4 Å². The quantitative estimate of drug-likeness (QED) is 0.317. The van der Waals surface area contributed by atoms with Crippen LogP contribution in [0.4, 0.5) is 15.8 Å². The molecule has 0 spiro atoms. The molecule has 0 aliphatic rings. The van der Waals surface area contributed by atoms with Gasteiger partial charge in [-0.15, -0.1) is 0 Å². The van der Waals surface area contributed by atoms with Crippen molar-refractivity contribution < 1.29 is 18.8 Å². The lowest BCUT2D eigenvalue weighted by Crippen LogP contribution is -2.41. The molecule has 0 saturated carbocycles. The molecular weight excluding hydrogens is 445 g/mol. The monoisotopic (exact) mass is 475 g/mol. The first-order valence-electron chi connectivity index (χ1n) is 10.7. The molecule has 1 atom stereocenters. The number of aliphatic hydroxyl groups is 1. The smallest absolute Gasteiger partial charge is 0.258 e. The van der Waals surface area contributed by atoms with Crippen molar-refractivity contribution in [1.82, 2.24) is 10.1 Å². The minimum absolute atomic E-state index is 0.440. The Morgan fingerprint density at radius 2 is 1.94 bits per heavy atom. The summed E-state index contributed by atoms with van der Waals surface area (Å²) < 4.78 is 21.2. The zero-order valence-corrected chi connectivity index (χ0v) is 19.8. The number of benzene rings is 2. The summed E-state index contributed by atoms with van der Waals surface area (Å²) in [6.07, 6.45) is 1.43. The fourth-order valence-corrected chi connectivity index (χ4v) is 3.23. The number of nitrogens with one attached hydrogen (secondary N) is 2. The van der Waals surface area contributed by atoms with Crippen LogP contribution >= 0.6 is 11.9 Å². The van der Waals surface area contributed by atoms with Gasteiger partial charge in [0.05, 0.1) is 0 Å². The number of anilines is 2. The standard InChI is InChI=1S/C21H24FN5O3S.C2H6/c1-21(29,13-22)20(28)24-15-6-3-7-16(12-15)27-31-17-8-2-5-14(11-17)19-25-18(30-26-19)9-4-10-23;1-2/h2-3,5-8,11-12,27,29H,4,9-10,13,23H2,1H3,(H,24,28);1-2H3. The summed E-state index contributed by atoms with van der Waals surface area (Å²) in [5, 5.41) is 16.2. The van der Waals surface area contributed by atoms with Gasteiger partial charge in [0, 0.05) is 28.3 Å². The van der Waals surface area contributed by atoms with Crippen LogP contribution in [0.15, 0.2) is 57.9 Å². The zero-order valence-electron chi connectivity index (χ0n) is 19.0. The van der Waals surface area contributed by atoms with Crippen LogP contribution in [0.25, 0.3) is 11.4 Å². The third-order valence-electron chi connectivity index (χ3n) is 4.31. The molecule has 33 heavy (non-hydrogen) atoms. The third-order valence-corrected chi connectivity index (χ3v) is 5.14. The Morgan fingerprint density at radius 1 is 1.21 bits per heavy atom. The summed E-state index contributed by atoms with van der Waals surface area (Å²) in [5.41, 5.74) is 5.42. The van der Waals surface area contributed by atoms with E-state index >= 15 is 0 Å². The van der Waals surface area contributed by atoms with Gasteiger partial charge >= 0.3 is 0 Å². The molecule has 0 radical (unpaired) electrons. The number of carbonyl (C=O) groups excluding carboxylic acids is 1. The van der Waals surface area contributed by atoms with E-state index in [0.717, 1.165) is 29.5 Å². The molecule has 1 amide bonds. The van der Waals surface area contributed by atoms with Gasteiger partial charge in [-0.25, -0.2) is 4.39 Å². The lowest BCUT2D eigenvalue weighted by Gasteiger charge is -2.18. The molecule has 10 heteroatoms. The highest BCUT2D eigenvalue weighted by Crippen LogP contribution is 2.27. The number of alkyl halides is 1. The van der Waals surface area contributed by atoms with Crippen molar-refractivity contribution >= 4 is 29.2 Å². The third kappa shape index (κ3) is 7.85. The van der Waals surface area contributed by atoms with E-state index in [-0.39, 0.29) is 0 Å². The minimum atomic E-state index is -2.07. The fourth-order valence-electron chi connectivity index (χ4n) is 2.53. The van der Waals surface area contributed by atoms with Crippen LogP contribution in [0.2, 0.25) is 0 Å². The predicted molar refractivity (Wildman–Crippen MR) is 130 cm³/mol. The Morgan fingerprint density at radius 3 is 2.67 bits per heavy atom. The fraction of sp³-hybridized carbons (Fsp3) is 0.348. The molecule has 0 fully saturated rings. The molecular formula is C23H30FN5O3S. The van der Waals surface area contributed by atoms with Gasteiger partial charge in [-0.1, -0.05) is 37.2 Å². The van der Waals surface area contributed by atoms with Crippen LogP contribution in [0, 0.1) is 0 Å². The number of hydrogen-bond donors (Lipinski definition) is 4. The van der Waals surface area contributed by atoms with Crippen LogP contribution in [0.5, 0.6) is 0 Å². The van der Waals surface area contributed by atoms with Crippen molar-refractivity contribution in [2.45, 2.75) is 44.1 Å². The molecule has 0 saturated heterocycles. The summed E-state index contributed by atoms with van der Waals surface area (Å²) in [6.45, 7) is 4.52. The van der Waals surface area contributed by atoms with Gasteiger partial charge in [-0.2, -0.15) is 4.98 Å². The number of aromatic nitrogens is 2. The average molecular weight is 476 g/mol. The van der Waals surface area contributed by atoms with E-state index in [2.05, 4.69) is 20.2 Å². The first kappa shape index (κ1) is 26.3. The van der Waals surface area contributed by atoms with Crippen molar-refractivity contribution in [1.29, 1.82) is 0 Å². The molecule has 1 unspecified atom stereocenters. The molecule has 0 aliphatic heterocycles. The Labute approximate surface area is 197 Å². The van der Waals surface area contributed by atoms with Gasteiger partial charge in [0.1, 0.15) is 6.67 Å². The van der Waals surface area contributed by atoms with Crippen LogP contribution in [-0.2, 0) is 11.2 Å². The summed E-state index contributed by atoms with van der Waals surface area (Å²) in [6, 6.07) is 14.6. The van der Waals surface area contributed by atoms with Crippen molar-refractivity contribution in [2.24, 2.45) is 5.73 Å². The Balaban J connectivity index is 0.00000187. The molecule has 0 bridgehead atoms. The second kappa shape index (κ2) is 12.9. The van der Waals surface area contributed by atoms with E-state index in [1.54, 1.807) is 18.2 Å². The van der Waals surface area contributed by atoms with Crippen LogP contribution in [0.1, 0.15) is 33.1 Å². The summed E-state index contributed by atoms with van der Waals surface area (Å²) >= 11 is 1.37. The highest BCUT2D eigenvalue weighted by atomic mass is 32.2. The number of carbonyl (C=O) groups is 1. The molecule has 1 heterocycles. The maximum absolute atomic E-state index is 12.8. The second-order valence-electron chi connectivity index (χ2n) is 7.08. The topological polar surface area (TPSA) is 126 Å². The van der Waals surface area contributed by atoms with Crippen LogP contribution in [-0.4, -0.2) is 40.0 Å². The van der Waals surface area contributed by atoms with Gasteiger partial charge in [0.15, 0.2) is 5.60 Å². The van der Waals surface area contributed by atoms with Crippen molar-refractivity contribution in [2.75, 3.05) is 23.3 Å². The number of aryl methyl sites for hydroxylation is 1. The Bertz CT molecular complexity index is 1030. The largest absolute Gasteiger partial charge is 0.378 e. The molecule has 3 rings (SSSR count). The van der Waals surface area contributed by atoms with E-state index < -0.39 is 18.2 Å². The van der Waals surface area contributed by atoms with Gasteiger partial charge < -0.3 is 25.4 Å². The van der Waals surface area contributed by atoms with Gasteiger partial charge in [-0.05, 0) is 62.2 Å². The van der Waals surface area contributed by atoms with Gasteiger partial charge in [0.25, 0.3) is 5.91 Å². The lowest BCUT2D eigenvalue weighted by molar-refractivity contribution is -0.133. The molecule has 2 aromatic carbocycles. The first-order valence-corrected chi connectivity index (χ1v) is 11.5. The van der Waals surface area contributed by atoms with Gasteiger partial charge in [0.2, 0.25) is 11.7 Å². The molecule has 178 valence electrons. The average Bonchev–Trinajstić information content (AvgIpc) is 3.32. The Hall–Kier alpha value is -2.95. The molecule has 3 aromatic rings. The lowest BCUT2D eigenvalue weighted by atomic mass is 10.1. The maximum Gasteiger partial charge on any atom is 0.258 e. The normalized spacial score (nSPS) is 12.3. The van der Waals surface area contributed by atoms with Crippen molar-refractivity contribution in [3.05, 3.63) is 54.4 Å². The second-order valence-corrected chi connectivity index (χ2v) is 7.96. The number of rotatable bonds is 10. The minimum Gasteiger partial charge on any atom is -0.378 e. The number of nitrogens with zero attached hydrogens (tertiary/aromatic N) is 2. The number of hydrogen-bond acceptors (Lipinski definition) is 8. The van der Waals surface area contributed by atoms with Crippen LogP contribution < -0.4 is 15.8 Å². The zero-order chi connectivity index (χ0) is 24.3. The van der Waals surface area contributed by atoms with Gasteiger partial charge in [-0.3, -0.25) is 4.79 Å². The van der Waals surface area contributed by atoms with E-state index in [1.807, 2.05) is 44.2 Å². The number of nitrogens with two attached hydrogens (primary N) is 1. The highest BCUT2D eigenvalue weighted by molar-refractivity contribution is 8.00. The summed E-state index contributed by atoms with van der Waals surface area (Å²) in [7, 11) is 0. The first-order chi connectivity index (χ1) is 15.9. The molecule has 8 nitrogen and oxygen atoms in total. The van der Waals surface area contributed by atoms with E-state index in [4.69, 9.17) is 10.3 Å². The SMILES string of the molecule is CC.CC(O)(CF)C(=O)Nc1cccc(NSc2cccc(-c3noc(CCCN)n3)c2)c1. The maximum atomic E-state index is 12.8.